The highest BCUT2D eigenvalue weighted by molar-refractivity contribution is 6.00. The highest BCUT2D eigenvalue weighted by Crippen LogP contribution is 2.27. The smallest absolute Gasteiger partial charge is 0.328 e. The van der Waals surface area contributed by atoms with Crippen molar-refractivity contribution in [1.29, 1.82) is 0 Å². The van der Waals surface area contributed by atoms with Gasteiger partial charge in [0.25, 0.3) is 5.91 Å². The SMILES string of the molecule is COc1ccc(C(=O)N2CC(=O)NCC2C(=O)O)cc1O. The van der Waals surface area contributed by atoms with E-state index in [9.17, 15) is 19.5 Å². The molecule has 2 amide bonds. The molecule has 21 heavy (non-hydrogen) atoms. The van der Waals surface area contributed by atoms with Crippen molar-refractivity contribution >= 4 is 17.8 Å². The summed E-state index contributed by atoms with van der Waals surface area (Å²) in [5.74, 6) is -2.33. The maximum Gasteiger partial charge on any atom is 0.328 e. The minimum atomic E-state index is -1.21. The first kappa shape index (κ1) is 14.6. The molecule has 8 nitrogen and oxygen atoms in total. The van der Waals surface area contributed by atoms with Crippen LogP contribution in [0.5, 0.6) is 11.5 Å². The van der Waals surface area contributed by atoms with Gasteiger partial charge in [-0.2, -0.15) is 0 Å². The summed E-state index contributed by atoms with van der Waals surface area (Å²) in [5, 5.41) is 21.2. The molecule has 0 radical (unpaired) electrons. The molecule has 1 saturated heterocycles. The van der Waals surface area contributed by atoms with E-state index in [1.165, 1.54) is 25.3 Å². The average Bonchev–Trinajstić information content (AvgIpc) is 2.45. The molecular weight excluding hydrogens is 280 g/mol. The van der Waals surface area contributed by atoms with Gasteiger partial charge in [-0.05, 0) is 18.2 Å². The third-order valence-corrected chi connectivity index (χ3v) is 3.15. The second-order valence-corrected chi connectivity index (χ2v) is 4.48. The lowest BCUT2D eigenvalue weighted by molar-refractivity contribution is -0.144. The standard InChI is InChI=1S/C13H14N2O6/c1-21-10-3-2-7(4-9(10)16)12(18)15-6-11(17)14-5-8(15)13(19)20/h2-4,8,16H,5-6H2,1H3,(H,14,17)(H,19,20). The Morgan fingerprint density at radius 2 is 2.14 bits per heavy atom. The number of hydrogen-bond acceptors (Lipinski definition) is 5. The number of phenols is 1. The summed E-state index contributed by atoms with van der Waals surface area (Å²) in [4.78, 5) is 35.8. The number of ether oxygens (including phenoxy) is 1. The van der Waals surface area contributed by atoms with E-state index in [-0.39, 0.29) is 30.2 Å². The minimum absolute atomic E-state index is 0.0780. The summed E-state index contributed by atoms with van der Waals surface area (Å²) in [5.41, 5.74) is 0.0780. The lowest BCUT2D eigenvalue weighted by atomic mass is 10.1. The van der Waals surface area contributed by atoms with Crippen LogP contribution in [-0.4, -0.2) is 59.1 Å². The van der Waals surface area contributed by atoms with Gasteiger partial charge < -0.3 is 25.2 Å². The van der Waals surface area contributed by atoms with Gasteiger partial charge in [-0.15, -0.1) is 0 Å². The lowest BCUT2D eigenvalue weighted by Crippen LogP contribution is -2.59. The van der Waals surface area contributed by atoms with Gasteiger partial charge in [0.05, 0.1) is 7.11 Å². The van der Waals surface area contributed by atoms with Crippen molar-refractivity contribution in [3.05, 3.63) is 23.8 Å². The first-order valence-corrected chi connectivity index (χ1v) is 6.11. The zero-order valence-corrected chi connectivity index (χ0v) is 11.2. The normalized spacial score (nSPS) is 18.0. The Kier molecular flexibility index (Phi) is 3.97. The fourth-order valence-corrected chi connectivity index (χ4v) is 2.06. The Morgan fingerprint density at radius 3 is 2.71 bits per heavy atom. The predicted octanol–water partition coefficient (Wildman–Crippen LogP) is -0.574. The molecule has 1 heterocycles. The molecule has 112 valence electrons. The van der Waals surface area contributed by atoms with Crippen LogP contribution >= 0.6 is 0 Å². The van der Waals surface area contributed by atoms with Crippen molar-refractivity contribution < 1.29 is 29.3 Å². The van der Waals surface area contributed by atoms with Crippen LogP contribution < -0.4 is 10.1 Å². The van der Waals surface area contributed by atoms with Gasteiger partial charge in [0.2, 0.25) is 5.91 Å². The van der Waals surface area contributed by atoms with Crippen LogP contribution in [0.15, 0.2) is 18.2 Å². The molecule has 0 bridgehead atoms. The second-order valence-electron chi connectivity index (χ2n) is 4.48. The Labute approximate surface area is 119 Å². The first-order valence-electron chi connectivity index (χ1n) is 6.11. The number of aliphatic carboxylic acids is 1. The topological polar surface area (TPSA) is 116 Å². The summed E-state index contributed by atoms with van der Waals surface area (Å²) < 4.78 is 4.87. The molecule has 0 spiro atoms. The van der Waals surface area contributed by atoms with Crippen molar-refractivity contribution in [3.63, 3.8) is 0 Å². The van der Waals surface area contributed by atoms with E-state index in [4.69, 9.17) is 9.84 Å². The highest BCUT2D eigenvalue weighted by Gasteiger charge is 2.35. The minimum Gasteiger partial charge on any atom is -0.504 e. The van der Waals surface area contributed by atoms with Gasteiger partial charge >= 0.3 is 5.97 Å². The number of carbonyl (C=O) groups excluding carboxylic acids is 2. The van der Waals surface area contributed by atoms with Crippen LogP contribution in [0.1, 0.15) is 10.4 Å². The second kappa shape index (κ2) is 5.70. The Bertz CT molecular complexity index is 600. The molecular formula is C13H14N2O6. The summed E-state index contributed by atoms with van der Waals surface area (Å²) in [6.07, 6.45) is 0. The molecule has 1 unspecified atom stereocenters. The molecule has 8 heteroatoms. The summed E-state index contributed by atoms with van der Waals surface area (Å²) in [6, 6.07) is 2.82. The van der Waals surface area contributed by atoms with Gasteiger partial charge in [0.15, 0.2) is 11.5 Å². The Balaban J connectivity index is 2.30. The predicted molar refractivity (Wildman–Crippen MR) is 70.1 cm³/mol. The first-order chi connectivity index (χ1) is 9.93. The number of nitrogens with zero attached hydrogens (tertiary/aromatic N) is 1. The van der Waals surface area contributed by atoms with Gasteiger partial charge in [-0.3, -0.25) is 9.59 Å². The number of carboxylic acids is 1. The molecule has 2 rings (SSSR count). The molecule has 1 fully saturated rings. The average molecular weight is 294 g/mol. The molecule has 0 aromatic heterocycles. The third-order valence-electron chi connectivity index (χ3n) is 3.15. The fourth-order valence-electron chi connectivity index (χ4n) is 2.06. The van der Waals surface area contributed by atoms with E-state index in [2.05, 4.69) is 5.32 Å². The fraction of sp³-hybridized carbons (Fsp3) is 0.308. The van der Waals surface area contributed by atoms with Crippen molar-refractivity contribution in [1.82, 2.24) is 10.2 Å². The number of rotatable bonds is 3. The van der Waals surface area contributed by atoms with Gasteiger partial charge in [0, 0.05) is 12.1 Å². The summed E-state index contributed by atoms with van der Waals surface area (Å²) in [7, 11) is 1.37. The number of hydrogen-bond donors (Lipinski definition) is 3. The van der Waals surface area contributed by atoms with Gasteiger partial charge in [-0.25, -0.2) is 4.79 Å². The van der Waals surface area contributed by atoms with E-state index in [0.29, 0.717) is 0 Å². The monoisotopic (exact) mass is 294 g/mol. The lowest BCUT2D eigenvalue weighted by Gasteiger charge is -2.32. The van der Waals surface area contributed by atoms with Gasteiger partial charge in [-0.1, -0.05) is 0 Å². The number of carboxylic acid groups (broad SMARTS) is 1. The van der Waals surface area contributed by atoms with Crippen LogP contribution in [0.25, 0.3) is 0 Å². The van der Waals surface area contributed by atoms with Crippen molar-refractivity contribution in [2.45, 2.75) is 6.04 Å². The molecule has 1 aromatic carbocycles. The van der Waals surface area contributed by atoms with E-state index >= 15 is 0 Å². The number of piperazine rings is 1. The largest absolute Gasteiger partial charge is 0.504 e. The molecule has 1 aliphatic rings. The Morgan fingerprint density at radius 1 is 1.43 bits per heavy atom. The van der Waals surface area contributed by atoms with Crippen LogP contribution in [-0.2, 0) is 9.59 Å². The zero-order chi connectivity index (χ0) is 15.6. The van der Waals surface area contributed by atoms with Crippen LogP contribution in [0.2, 0.25) is 0 Å². The van der Waals surface area contributed by atoms with E-state index < -0.39 is 23.8 Å². The molecule has 1 atom stereocenters. The molecule has 0 aliphatic carbocycles. The van der Waals surface area contributed by atoms with E-state index in [0.717, 1.165) is 4.90 Å². The van der Waals surface area contributed by atoms with Crippen LogP contribution in [0.4, 0.5) is 0 Å². The van der Waals surface area contributed by atoms with Gasteiger partial charge in [0.1, 0.15) is 12.6 Å². The number of carbonyl (C=O) groups is 3. The maximum atomic E-state index is 12.3. The van der Waals surface area contributed by atoms with Crippen LogP contribution in [0.3, 0.4) is 0 Å². The summed E-state index contributed by atoms with van der Waals surface area (Å²) >= 11 is 0. The van der Waals surface area contributed by atoms with Crippen molar-refractivity contribution in [2.24, 2.45) is 0 Å². The van der Waals surface area contributed by atoms with E-state index in [1.54, 1.807) is 0 Å². The van der Waals surface area contributed by atoms with E-state index in [1.807, 2.05) is 0 Å². The van der Waals surface area contributed by atoms with Crippen molar-refractivity contribution in [2.75, 3.05) is 20.2 Å². The number of benzene rings is 1. The molecule has 0 saturated carbocycles. The summed E-state index contributed by atoms with van der Waals surface area (Å²) in [6.45, 7) is -0.495. The Hall–Kier alpha value is -2.77. The molecule has 1 aromatic rings. The number of amides is 2. The molecule has 1 aliphatic heterocycles. The molecule has 3 N–H and O–H groups in total. The third kappa shape index (κ3) is 2.88. The zero-order valence-electron chi connectivity index (χ0n) is 11.2. The number of methoxy groups -OCH3 is 1. The highest BCUT2D eigenvalue weighted by atomic mass is 16.5. The number of phenolic OH excluding ortho intramolecular Hbond substituents is 1. The maximum absolute atomic E-state index is 12.3. The van der Waals surface area contributed by atoms with Crippen molar-refractivity contribution in [3.8, 4) is 11.5 Å². The quantitative estimate of drug-likeness (QED) is 0.687. The number of aromatic hydroxyl groups is 1. The van der Waals surface area contributed by atoms with Crippen LogP contribution in [0, 0.1) is 0 Å². The number of nitrogens with one attached hydrogen (secondary N) is 1.